The van der Waals surface area contributed by atoms with E-state index >= 15 is 0 Å². The van der Waals surface area contributed by atoms with Crippen LogP contribution in [0.25, 0.3) is 6.20 Å². The Hall–Kier alpha value is -1.33. The average molecular weight is 440 g/mol. The van der Waals surface area contributed by atoms with Crippen molar-refractivity contribution in [2.45, 2.75) is 33.3 Å². The van der Waals surface area contributed by atoms with Gasteiger partial charge in [0.1, 0.15) is 18.2 Å². The molecule has 1 aromatic carbocycles. The van der Waals surface area contributed by atoms with Gasteiger partial charge in [0, 0.05) is 16.9 Å². The zero-order valence-corrected chi connectivity index (χ0v) is 16.5. The molecule has 0 spiro atoms. The van der Waals surface area contributed by atoms with Gasteiger partial charge in [-0.25, -0.2) is 4.98 Å². The number of nitrogens with zero attached hydrogens (tertiary/aromatic N) is 2. The van der Waals surface area contributed by atoms with Crippen molar-refractivity contribution in [2.75, 3.05) is 0 Å². The molecule has 0 aliphatic heterocycles. The number of aryl methyl sites for hydroxylation is 1. The minimum Gasteiger partial charge on any atom is -0.486 e. The third-order valence-electron chi connectivity index (χ3n) is 3.19. The number of imidazole rings is 1. The molecular formula is C18H20Br2N2O. The topological polar surface area (TPSA) is 27.1 Å². The first-order valence-electron chi connectivity index (χ1n) is 7.55. The van der Waals surface area contributed by atoms with E-state index in [1.54, 1.807) is 0 Å². The number of halogens is 2. The highest BCUT2D eigenvalue weighted by Crippen LogP contribution is 2.28. The number of aromatic nitrogens is 2. The quantitative estimate of drug-likeness (QED) is 0.485. The van der Waals surface area contributed by atoms with E-state index in [0.29, 0.717) is 6.61 Å². The third-order valence-corrected chi connectivity index (χ3v) is 4.30. The largest absolute Gasteiger partial charge is 0.486 e. The maximum Gasteiger partial charge on any atom is 0.134 e. The van der Waals surface area contributed by atoms with Gasteiger partial charge in [-0.1, -0.05) is 41.4 Å². The van der Waals surface area contributed by atoms with Crippen molar-refractivity contribution in [2.24, 2.45) is 0 Å². The SMILES string of the molecule is CCC/C=C/C=C\n1cc(COc2ccc(Br)cc2Br)nc1C. The summed E-state index contributed by atoms with van der Waals surface area (Å²) in [4.78, 5) is 4.53. The molecule has 0 saturated carbocycles. The van der Waals surface area contributed by atoms with Crippen LogP contribution in [0.1, 0.15) is 31.3 Å². The van der Waals surface area contributed by atoms with Crippen LogP contribution in [0, 0.1) is 6.92 Å². The zero-order chi connectivity index (χ0) is 16.7. The van der Waals surface area contributed by atoms with Crippen LogP contribution in [0.2, 0.25) is 0 Å². The van der Waals surface area contributed by atoms with E-state index in [1.807, 2.05) is 48.2 Å². The summed E-state index contributed by atoms with van der Waals surface area (Å²) in [6, 6.07) is 5.84. The molecule has 0 radical (unpaired) electrons. The van der Waals surface area contributed by atoms with Crippen LogP contribution in [0.5, 0.6) is 5.75 Å². The molecule has 0 aliphatic rings. The molecule has 0 N–H and O–H groups in total. The normalized spacial score (nSPS) is 11.7. The predicted octanol–water partition coefficient (Wildman–Crippen LogP) is 6.12. The molecular weight excluding hydrogens is 420 g/mol. The highest BCUT2D eigenvalue weighted by molar-refractivity contribution is 9.11. The summed E-state index contributed by atoms with van der Waals surface area (Å²) in [6.07, 6.45) is 12.5. The summed E-state index contributed by atoms with van der Waals surface area (Å²) in [5.41, 5.74) is 0.902. The summed E-state index contributed by atoms with van der Waals surface area (Å²) < 4.78 is 9.76. The first-order chi connectivity index (χ1) is 11.1. The Balaban J connectivity index is 1.97. The molecule has 3 nitrogen and oxygen atoms in total. The second kappa shape index (κ2) is 9.08. The van der Waals surface area contributed by atoms with E-state index < -0.39 is 0 Å². The number of unbranched alkanes of at least 4 members (excludes halogenated alkanes) is 1. The maximum absolute atomic E-state index is 5.82. The van der Waals surface area contributed by atoms with Gasteiger partial charge in [-0.2, -0.15) is 0 Å². The molecule has 0 saturated heterocycles. The lowest BCUT2D eigenvalue weighted by Crippen LogP contribution is -1.96. The van der Waals surface area contributed by atoms with Crippen LogP contribution in [0.4, 0.5) is 0 Å². The second-order valence-electron chi connectivity index (χ2n) is 5.11. The fourth-order valence-electron chi connectivity index (χ4n) is 2.00. The molecule has 0 unspecified atom stereocenters. The van der Waals surface area contributed by atoms with E-state index in [1.165, 1.54) is 6.42 Å². The molecule has 0 atom stereocenters. The molecule has 0 aliphatic carbocycles. The first-order valence-corrected chi connectivity index (χ1v) is 9.14. The fraction of sp³-hybridized carbons (Fsp3) is 0.278. The number of ether oxygens (including phenoxy) is 1. The summed E-state index contributed by atoms with van der Waals surface area (Å²) in [7, 11) is 0. The van der Waals surface area contributed by atoms with Gasteiger partial charge in [-0.3, -0.25) is 0 Å². The molecule has 0 amide bonds. The van der Waals surface area contributed by atoms with Crippen molar-refractivity contribution in [3.05, 3.63) is 63.1 Å². The smallest absolute Gasteiger partial charge is 0.134 e. The molecule has 2 rings (SSSR count). The van der Waals surface area contributed by atoms with Crippen LogP contribution in [-0.4, -0.2) is 9.55 Å². The van der Waals surface area contributed by atoms with Gasteiger partial charge in [0.05, 0.1) is 10.2 Å². The van der Waals surface area contributed by atoms with E-state index in [4.69, 9.17) is 4.74 Å². The first kappa shape index (κ1) is 18.0. The zero-order valence-electron chi connectivity index (χ0n) is 13.3. The molecule has 122 valence electrons. The van der Waals surface area contributed by atoms with Crippen LogP contribution in [-0.2, 0) is 6.61 Å². The molecule has 1 heterocycles. The number of allylic oxidation sites excluding steroid dienone is 3. The standard InChI is InChI=1S/C18H20Br2N2O/c1-3-4-5-6-7-10-22-12-16(21-14(22)2)13-23-18-9-8-15(19)11-17(18)20/h5-12H,3-4,13H2,1-2H3/b6-5+,10-7-. The Morgan fingerprint density at radius 1 is 1.26 bits per heavy atom. The predicted molar refractivity (Wildman–Crippen MR) is 103 cm³/mol. The van der Waals surface area contributed by atoms with Crippen LogP contribution in [0.15, 0.2) is 51.6 Å². The Kier molecular flexibility index (Phi) is 7.12. The van der Waals surface area contributed by atoms with Crippen molar-refractivity contribution >= 4 is 38.1 Å². The monoisotopic (exact) mass is 438 g/mol. The minimum absolute atomic E-state index is 0.438. The van der Waals surface area contributed by atoms with E-state index in [-0.39, 0.29) is 0 Å². The molecule has 0 fully saturated rings. The number of rotatable bonds is 7. The van der Waals surface area contributed by atoms with Gasteiger partial charge in [-0.15, -0.1) is 0 Å². The van der Waals surface area contributed by atoms with E-state index in [2.05, 4.69) is 55.9 Å². The van der Waals surface area contributed by atoms with E-state index in [9.17, 15) is 0 Å². The number of hydrogen-bond donors (Lipinski definition) is 0. The van der Waals surface area contributed by atoms with Crippen LogP contribution >= 0.6 is 31.9 Å². The van der Waals surface area contributed by atoms with Gasteiger partial charge < -0.3 is 9.30 Å². The van der Waals surface area contributed by atoms with E-state index in [0.717, 1.165) is 32.6 Å². The Morgan fingerprint density at radius 2 is 2.09 bits per heavy atom. The Bertz CT molecular complexity index is 705. The lowest BCUT2D eigenvalue weighted by Gasteiger charge is -2.06. The highest BCUT2D eigenvalue weighted by Gasteiger charge is 2.05. The van der Waals surface area contributed by atoms with Crippen LogP contribution in [0.3, 0.4) is 0 Å². The molecule has 0 bridgehead atoms. The number of hydrogen-bond acceptors (Lipinski definition) is 2. The van der Waals surface area contributed by atoms with Gasteiger partial charge in [0.2, 0.25) is 0 Å². The summed E-state index contributed by atoms with van der Waals surface area (Å²) in [6.45, 7) is 4.59. The fourth-order valence-corrected chi connectivity index (χ4v) is 3.16. The molecule has 5 heteroatoms. The second-order valence-corrected chi connectivity index (χ2v) is 6.88. The van der Waals surface area contributed by atoms with Crippen molar-refractivity contribution in [1.82, 2.24) is 9.55 Å². The van der Waals surface area contributed by atoms with Crippen molar-refractivity contribution in [1.29, 1.82) is 0 Å². The summed E-state index contributed by atoms with van der Waals surface area (Å²) >= 11 is 6.93. The average Bonchev–Trinajstić information content (AvgIpc) is 2.86. The van der Waals surface area contributed by atoms with Crippen molar-refractivity contribution in [3.8, 4) is 5.75 Å². The van der Waals surface area contributed by atoms with Gasteiger partial charge in [0.15, 0.2) is 0 Å². The maximum atomic E-state index is 5.82. The molecule has 23 heavy (non-hydrogen) atoms. The van der Waals surface area contributed by atoms with Crippen molar-refractivity contribution in [3.63, 3.8) is 0 Å². The minimum atomic E-state index is 0.438. The lowest BCUT2D eigenvalue weighted by atomic mass is 10.3. The lowest BCUT2D eigenvalue weighted by molar-refractivity contribution is 0.300. The Labute approximate surface area is 154 Å². The van der Waals surface area contributed by atoms with Gasteiger partial charge >= 0.3 is 0 Å². The number of benzene rings is 1. The van der Waals surface area contributed by atoms with Gasteiger partial charge in [0.25, 0.3) is 0 Å². The Morgan fingerprint density at radius 3 is 2.83 bits per heavy atom. The van der Waals surface area contributed by atoms with Crippen molar-refractivity contribution < 1.29 is 4.74 Å². The van der Waals surface area contributed by atoms with Crippen LogP contribution < -0.4 is 4.74 Å². The molecule has 1 aromatic heterocycles. The highest BCUT2D eigenvalue weighted by atomic mass is 79.9. The van der Waals surface area contributed by atoms with Gasteiger partial charge in [-0.05, 0) is 53.5 Å². The summed E-state index contributed by atoms with van der Waals surface area (Å²) in [5, 5.41) is 0. The summed E-state index contributed by atoms with van der Waals surface area (Å²) in [5.74, 6) is 1.75. The third kappa shape index (κ3) is 5.66. The molecule has 2 aromatic rings.